The van der Waals surface area contributed by atoms with Crippen LogP contribution in [0.15, 0.2) is 66.7 Å². The fraction of sp³-hybridized carbons (Fsp3) is 0.481. The number of pyridine rings is 2. The van der Waals surface area contributed by atoms with E-state index in [0.29, 0.717) is 62.8 Å². The van der Waals surface area contributed by atoms with Crippen LogP contribution in [0.25, 0.3) is 22.3 Å². The van der Waals surface area contributed by atoms with E-state index in [2.05, 4.69) is 48.1 Å². The molecule has 1 amide bonds. The number of hydrogen-bond donors (Lipinski definition) is 1. The zero-order chi connectivity index (χ0) is 47.4. The number of amides is 1. The van der Waals surface area contributed by atoms with Gasteiger partial charge in [-0.25, -0.2) is 23.5 Å². The van der Waals surface area contributed by atoms with Gasteiger partial charge in [0.1, 0.15) is 58.6 Å². The fourth-order valence-corrected chi connectivity index (χ4v) is 12.1. The van der Waals surface area contributed by atoms with Gasteiger partial charge in [0.25, 0.3) is 0 Å². The van der Waals surface area contributed by atoms with Crippen molar-refractivity contribution in [2.24, 2.45) is 5.41 Å². The summed E-state index contributed by atoms with van der Waals surface area (Å²) >= 11 is 0. The van der Waals surface area contributed by atoms with Crippen LogP contribution in [0.5, 0.6) is 23.4 Å². The van der Waals surface area contributed by atoms with Crippen molar-refractivity contribution in [2.45, 2.75) is 115 Å². The molecule has 2 aromatic carbocycles. The van der Waals surface area contributed by atoms with Crippen molar-refractivity contribution in [3.8, 4) is 34.8 Å². The summed E-state index contributed by atoms with van der Waals surface area (Å²) in [6.07, 6.45) is 0.472. The Morgan fingerprint density at radius 1 is 0.956 bits per heavy atom. The number of benzene rings is 2. The van der Waals surface area contributed by atoms with Crippen LogP contribution < -0.4 is 28.7 Å². The third-order valence-corrected chi connectivity index (χ3v) is 15.6. The number of nitrogens with zero attached hydrogens (tertiary/aromatic N) is 8. The van der Waals surface area contributed by atoms with Crippen LogP contribution in [0.1, 0.15) is 81.0 Å². The van der Waals surface area contributed by atoms with E-state index in [1.165, 1.54) is 0 Å². The number of anilines is 2. The van der Waals surface area contributed by atoms with E-state index < -0.39 is 41.8 Å². The first kappa shape index (κ1) is 44.2. The number of rotatable bonds is 12. The van der Waals surface area contributed by atoms with Crippen LogP contribution in [0.4, 0.5) is 25.2 Å². The normalized spacial score (nSPS) is 26.6. The molecule has 5 aliphatic heterocycles. The lowest BCUT2D eigenvalue weighted by Gasteiger charge is -2.47. The smallest absolute Gasteiger partial charge is 0.407 e. The largest absolute Gasteiger partial charge is 0.497 e. The summed E-state index contributed by atoms with van der Waals surface area (Å²) in [6, 6.07) is 16.7. The molecule has 5 aromatic rings. The number of aromatic nitrogens is 4. The molecule has 7 atom stereocenters. The molecule has 3 aromatic heterocycles. The summed E-state index contributed by atoms with van der Waals surface area (Å²) in [5.41, 5.74) is 4.59. The Hall–Kier alpha value is -6.29. The number of methoxy groups -OCH3 is 2. The quantitative estimate of drug-likeness (QED) is 0.119. The van der Waals surface area contributed by atoms with Crippen molar-refractivity contribution in [1.29, 1.82) is 0 Å². The highest BCUT2D eigenvalue weighted by Crippen LogP contribution is 2.61. The Balaban J connectivity index is 1.08. The van der Waals surface area contributed by atoms with Gasteiger partial charge in [0.2, 0.25) is 5.88 Å². The standard InChI is InChI=1S/C52H58F2N8O6/c1-28-19-52(20-33(53)25-60(52)22-28)27-67-49-57-43-41-47(58-49)61-26-34-12-17-38(62(34)50(63)64)46(61)30(3)68-48(41)56-45(42(43)54)44-40(37-21-51(37,4)5)29(2)18-39(55-44)59(23-31-8-13-35(65-6)14-9-31)24-32-10-15-36(66-7)16-11-32/h8-11,13-16,18,30,33-34,37-38,46H,1,12,17,19-27H2,2-7H3,(H,63,64)/t30?,33-,34?,37?,38?,46?,52?/m1/s1. The maximum Gasteiger partial charge on any atom is 0.407 e. The van der Waals surface area contributed by atoms with Gasteiger partial charge < -0.3 is 33.9 Å². The molecule has 6 unspecified atom stereocenters. The van der Waals surface area contributed by atoms with Crippen molar-refractivity contribution in [3.05, 3.63) is 94.8 Å². The minimum absolute atomic E-state index is 0.00623. The zero-order valence-electron chi connectivity index (χ0n) is 39.5. The molecule has 6 aliphatic rings. The number of piperazine rings is 1. The molecule has 1 aliphatic carbocycles. The average Bonchev–Trinajstić information content (AvgIpc) is 3.50. The lowest BCUT2D eigenvalue weighted by Crippen LogP contribution is -2.64. The third-order valence-electron chi connectivity index (χ3n) is 15.6. The second-order valence-corrected chi connectivity index (χ2v) is 20.6. The predicted molar refractivity (Wildman–Crippen MR) is 253 cm³/mol. The van der Waals surface area contributed by atoms with Crippen LogP contribution in [-0.4, -0.2) is 117 Å². The predicted octanol–water partition coefficient (Wildman–Crippen LogP) is 8.87. The Bertz CT molecular complexity index is 2780. The van der Waals surface area contributed by atoms with Crippen molar-refractivity contribution in [3.63, 3.8) is 0 Å². The minimum atomic E-state index is -1.01. The zero-order valence-corrected chi connectivity index (χ0v) is 39.5. The van der Waals surface area contributed by atoms with Gasteiger partial charge >= 0.3 is 12.1 Å². The van der Waals surface area contributed by atoms with Crippen LogP contribution in [-0.2, 0) is 13.1 Å². The fourth-order valence-electron chi connectivity index (χ4n) is 12.1. The molecule has 0 spiro atoms. The van der Waals surface area contributed by atoms with Crippen LogP contribution in [0.3, 0.4) is 0 Å². The highest BCUT2D eigenvalue weighted by atomic mass is 19.1. The molecule has 1 saturated carbocycles. The highest BCUT2D eigenvalue weighted by Gasteiger charge is 2.54. The maximum atomic E-state index is 18.3. The number of carboxylic acid groups (broad SMARTS) is 1. The van der Waals surface area contributed by atoms with Crippen molar-refractivity contribution in [2.75, 3.05) is 50.3 Å². The van der Waals surface area contributed by atoms with Gasteiger partial charge in [-0.05, 0) is 103 Å². The number of aryl methyl sites for hydroxylation is 1. The van der Waals surface area contributed by atoms with Crippen molar-refractivity contribution < 1.29 is 37.6 Å². The monoisotopic (exact) mass is 928 g/mol. The van der Waals surface area contributed by atoms with E-state index in [1.54, 1.807) is 19.1 Å². The van der Waals surface area contributed by atoms with E-state index in [0.717, 1.165) is 45.7 Å². The van der Waals surface area contributed by atoms with Gasteiger partial charge in [-0.1, -0.05) is 50.3 Å². The average molecular weight is 929 g/mol. The second-order valence-electron chi connectivity index (χ2n) is 20.6. The molecule has 14 nitrogen and oxygen atoms in total. The van der Waals surface area contributed by atoms with Gasteiger partial charge in [-0.15, -0.1) is 0 Å². The second kappa shape index (κ2) is 16.4. The molecule has 356 valence electrons. The van der Waals surface area contributed by atoms with E-state index in [9.17, 15) is 9.90 Å². The molecule has 11 rings (SSSR count). The minimum Gasteiger partial charge on any atom is -0.497 e. The first-order valence-electron chi connectivity index (χ1n) is 23.7. The topological polar surface area (TPSA) is 139 Å². The Labute approximate surface area is 394 Å². The Kier molecular flexibility index (Phi) is 10.7. The number of hydrogen-bond acceptors (Lipinski definition) is 12. The molecule has 68 heavy (non-hydrogen) atoms. The first-order valence-corrected chi connectivity index (χ1v) is 23.7. The molecule has 0 radical (unpaired) electrons. The lowest BCUT2D eigenvalue weighted by atomic mass is 9.93. The SMILES string of the molecule is C=C1CN2C[C@H](F)CC2(COc2nc3c4c(nc(-c5nc(N(Cc6ccc(OC)cc6)Cc6ccc(OC)cc6)cc(C)c5C5CC5(C)C)c(F)c4n2)OC(C)C2C4CCC(CN32)N4C(=O)O)C1. The summed E-state index contributed by atoms with van der Waals surface area (Å²) in [7, 11) is 3.29. The lowest BCUT2D eigenvalue weighted by molar-refractivity contribution is 0.0706. The molecule has 2 bridgehead atoms. The summed E-state index contributed by atoms with van der Waals surface area (Å²) in [4.78, 5) is 41.0. The third kappa shape index (κ3) is 7.50. The molecule has 5 fully saturated rings. The van der Waals surface area contributed by atoms with Crippen LogP contribution in [0.2, 0.25) is 0 Å². The Morgan fingerprint density at radius 3 is 2.26 bits per heavy atom. The highest BCUT2D eigenvalue weighted by molar-refractivity contribution is 5.97. The van der Waals surface area contributed by atoms with Crippen LogP contribution >= 0.6 is 0 Å². The number of halogens is 2. The van der Waals surface area contributed by atoms with Gasteiger partial charge in [0.15, 0.2) is 5.82 Å². The molecular weight excluding hydrogens is 871 g/mol. The molecule has 1 N–H and O–H groups in total. The number of fused-ring (bicyclic) bond motifs is 6. The van der Waals surface area contributed by atoms with E-state index >= 15 is 8.78 Å². The van der Waals surface area contributed by atoms with E-state index in [-0.39, 0.29) is 65.4 Å². The summed E-state index contributed by atoms with van der Waals surface area (Å²) in [5.74, 6) is 2.03. The van der Waals surface area contributed by atoms with Gasteiger partial charge in [0, 0.05) is 39.1 Å². The number of ether oxygens (including phenoxy) is 4. The molecule has 4 saturated heterocycles. The van der Waals surface area contributed by atoms with Crippen molar-refractivity contribution >= 4 is 28.6 Å². The van der Waals surface area contributed by atoms with Gasteiger partial charge in [0.05, 0.1) is 43.6 Å². The number of alkyl halides is 1. The van der Waals surface area contributed by atoms with E-state index in [1.807, 2.05) is 55.5 Å². The molecule has 16 heteroatoms. The maximum absolute atomic E-state index is 18.3. The summed E-state index contributed by atoms with van der Waals surface area (Å²) in [6.45, 7) is 14.8. The summed E-state index contributed by atoms with van der Waals surface area (Å²) in [5, 5.41) is 10.7. The van der Waals surface area contributed by atoms with E-state index in [4.69, 9.17) is 38.9 Å². The van der Waals surface area contributed by atoms with Gasteiger partial charge in [-0.3, -0.25) is 9.80 Å². The van der Waals surface area contributed by atoms with Crippen molar-refractivity contribution in [1.82, 2.24) is 29.7 Å². The van der Waals surface area contributed by atoms with Crippen LogP contribution in [0, 0.1) is 18.2 Å². The molecule has 8 heterocycles. The summed E-state index contributed by atoms with van der Waals surface area (Å²) < 4.78 is 57.7. The first-order chi connectivity index (χ1) is 32.6. The van der Waals surface area contributed by atoms with Gasteiger partial charge in [-0.2, -0.15) is 9.97 Å². The molecular formula is C52H58F2N8O6. The number of carbonyl (C=O) groups is 1. The Morgan fingerprint density at radius 2 is 1.63 bits per heavy atom.